The summed E-state index contributed by atoms with van der Waals surface area (Å²) >= 11 is 0. The van der Waals surface area contributed by atoms with Gasteiger partial charge in [0, 0.05) is 51.2 Å². The summed E-state index contributed by atoms with van der Waals surface area (Å²) in [5.41, 5.74) is 2.16. The minimum absolute atomic E-state index is 0.0269. The summed E-state index contributed by atoms with van der Waals surface area (Å²) < 4.78 is 0. The SMILES string of the molecule is Cc1cnc(N2CCN([C@H](C)C(=O)N3CCCCCC3)CC2)nc1C. The first kappa shape index (κ1) is 18.1. The van der Waals surface area contributed by atoms with E-state index in [9.17, 15) is 4.79 Å². The smallest absolute Gasteiger partial charge is 0.239 e. The Labute approximate surface area is 151 Å². The number of piperazine rings is 1. The minimum Gasteiger partial charge on any atom is -0.341 e. The largest absolute Gasteiger partial charge is 0.341 e. The molecule has 2 fully saturated rings. The van der Waals surface area contributed by atoms with Crippen molar-refractivity contribution in [2.24, 2.45) is 0 Å². The highest BCUT2D eigenvalue weighted by Gasteiger charge is 2.29. The van der Waals surface area contributed by atoms with Gasteiger partial charge in [-0.1, -0.05) is 12.8 Å². The van der Waals surface area contributed by atoms with E-state index in [2.05, 4.69) is 31.6 Å². The van der Waals surface area contributed by atoms with Crippen LogP contribution in [0.1, 0.15) is 43.9 Å². The molecule has 2 saturated heterocycles. The molecule has 0 bridgehead atoms. The predicted molar refractivity (Wildman–Crippen MR) is 99.8 cm³/mol. The van der Waals surface area contributed by atoms with E-state index in [4.69, 9.17) is 0 Å². The summed E-state index contributed by atoms with van der Waals surface area (Å²) in [6.45, 7) is 11.5. The summed E-state index contributed by atoms with van der Waals surface area (Å²) in [7, 11) is 0. The van der Waals surface area contributed by atoms with Crippen molar-refractivity contribution < 1.29 is 4.79 Å². The van der Waals surface area contributed by atoms with Gasteiger partial charge in [0.15, 0.2) is 0 Å². The highest BCUT2D eigenvalue weighted by molar-refractivity contribution is 5.81. The normalized spacial score (nSPS) is 21.1. The molecule has 6 heteroatoms. The topological polar surface area (TPSA) is 52.6 Å². The fourth-order valence-electron chi connectivity index (χ4n) is 3.69. The van der Waals surface area contributed by atoms with Crippen molar-refractivity contribution in [1.82, 2.24) is 19.8 Å². The fourth-order valence-corrected chi connectivity index (χ4v) is 3.69. The number of hydrogen-bond acceptors (Lipinski definition) is 5. The second-order valence-corrected chi connectivity index (χ2v) is 7.38. The average molecular weight is 345 g/mol. The van der Waals surface area contributed by atoms with E-state index < -0.39 is 0 Å². The second kappa shape index (κ2) is 8.13. The molecule has 0 N–H and O–H groups in total. The first-order chi connectivity index (χ1) is 12.1. The number of rotatable bonds is 3. The molecular weight excluding hydrogens is 314 g/mol. The standard InChI is InChI=1S/C19H31N5O/c1-15-14-20-19(21-16(15)2)24-12-10-22(11-13-24)17(3)18(25)23-8-6-4-5-7-9-23/h14,17H,4-13H2,1-3H3/t17-/m1/s1. The van der Waals surface area contributed by atoms with Crippen molar-refractivity contribution in [2.75, 3.05) is 44.2 Å². The molecule has 0 unspecified atom stereocenters. The summed E-state index contributed by atoms with van der Waals surface area (Å²) in [4.78, 5) is 28.5. The number of anilines is 1. The lowest BCUT2D eigenvalue weighted by atomic mass is 10.2. The quantitative estimate of drug-likeness (QED) is 0.839. The van der Waals surface area contributed by atoms with Crippen LogP contribution in [0, 0.1) is 13.8 Å². The van der Waals surface area contributed by atoms with Crippen LogP contribution in [0.25, 0.3) is 0 Å². The van der Waals surface area contributed by atoms with Crippen molar-refractivity contribution in [3.8, 4) is 0 Å². The molecule has 0 aliphatic carbocycles. The number of carbonyl (C=O) groups is 1. The van der Waals surface area contributed by atoms with Gasteiger partial charge in [0.2, 0.25) is 11.9 Å². The maximum absolute atomic E-state index is 12.8. The summed E-state index contributed by atoms with van der Waals surface area (Å²) in [5, 5.41) is 0. The van der Waals surface area contributed by atoms with Gasteiger partial charge >= 0.3 is 0 Å². The molecule has 1 amide bonds. The Morgan fingerprint density at radius 1 is 1.00 bits per heavy atom. The maximum atomic E-state index is 12.8. The zero-order valence-electron chi connectivity index (χ0n) is 15.9. The predicted octanol–water partition coefficient (Wildman–Crippen LogP) is 2.01. The van der Waals surface area contributed by atoms with Gasteiger partial charge in [-0.25, -0.2) is 9.97 Å². The zero-order valence-corrected chi connectivity index (χ0v) is 15.9. The molecule has 1 aromatic heterocycles. The number of hydrogen-bond donors (Lipinski definition) is 0. The van der Waals surface area contributed by atoms with Gasteiger partial charge in [-0.15, -0.1) is 0 Å². The van der Waals surface area contributed by atoms with E-state index in [0.717, 1.165) is 69.3 Å². The molecule has 6 nitrogen and oxygen atoms in total. The molecule has 3 heterocycles. The molecule has 0 aromatic carbocycles. The fraction of sp³-hybridized carbons (Fsp3) is 0.737. The first-order valence-electron chi connectivity index (χ1n) is 9.64. The summed E-state index contributed by atoms with van der Waals surface area (Å²) in [5.74, 6) is 1.12. The van der Waals surface area contributed by atoms with Gasteiger partial charge in [-0.05, 0) is 39.2 Å². The van der Waals surface area contributed by atoms with Gasteiger partial charge in [0.25, 0.3) is 0 Å². The molecule has 3 rings (SSSR count). The van der Waals surface area contributed by atoms with E-state index >= 15 is 0 Å². The van der Waals surface area contributed by atoms with Crippen LogP contribution in [0.15, 0.2) is 6.20 Å². The van der Waals surface area contributed by atoms with Crippen molar-refractivity contribution in [3.63, 3.8) is 0 Å². The van der Waals surface area contributed by atoms with E-state index in [1.54, 1.807) is 0 Å². The van der Waals surface area contributed by atoms with E-state index in [-0.39, 0.29) is 6.04 Å². The molecular formula is C19H31N5O. The third-order valence-electron chi connectivity index (χ3n) is 5.63. The van der Waals surface area contributed by atoms with Crippen LogP contribution in [0.2, 0.25) is 0 Å². The molecule has 2 aliphatic rings. The highest BCUT2D eigenvalue weighted by atomic mass is 16.2. The Bertz CT molecular complexity index is 589. The lowest BCUT2D eigenvalue weighted by molar-refractivity contribution is -0.136. The maximum Gasteiger partial charge on any atom is 0.239 e. The van der Waals surface area contributed by atoms with Crippen LogP contribution in [-0.4, -0.2) is 71.0 Å². The molecule has 1 atom stereocenters. The average Bonchev–Trinajstić information content (AvgIpc) is 2.92. The van der Waals surface area contributed by atoms with Crippen LogP contribution >= 0.6 is 0 Å². The first-order valence-corrected chi connectivity index (χ1v) is 9.64. The lowest BCUT2D eigenvalue weighted by Gasteiger charge is -2.39. The lowest BCUT2D eigenvalue weighted by Crippen LogP contribution is -2.55. The van der Waals surface area contributed by atoms with E-state index in [0.29, 0.717) is 5.91 Å². The van der Waals surface area contributed by atoms with Crippen molar-refractivity contribution in [1.29, 1.82) is 0 Å². The number of aryl methyl sites for hydroxylation is 2. The van der Waals surface area contributed by atoms with Crippen LogP contribution in [0.3, 0.4) is 0 Å². The molecule has 0 saturated carbocycles. The van der Waals surface area contributed by atoms with Gasteiger partial charge in [0.05, 0.1) is 6.04 Å². The van der Waals surface area contributed by atoms with Crippen molar-refractivity contribution >= 4 is 11.9 Å². The molecule has 138 valence electrons. The summed E-state index contributed by atoms with van der Waals surface area (Å²) in [6.07, 6.45) is 6.71. The Balaban J connectivity index is 1.55. The van der Waals surface area contributed by atoms with E-state index in [1.165, 1.54) is 12.8 Å². The third kappa shape index (κ3) is 4.29. The van der Waals surface area contributed by atoms with E-state index in [1.807, 2.05) is 20.0 Å². The van der Waals surface area contributed by atoms with Crippen LogP contribution in [0.4, 0.5) is 5.95 Å². The number of nitrogens with zero attached hydrogens (tertiary/aromatic N) is 5. The number of likely N-dealkylation sites (tertiary alicyclic amines) is 1. The highest BCUT2D eigenvalue weighted by Crippen LogP contribution is 2.17. The van der Waals surface area contributed by atoms with Gasteiger partial charge in [-0.3, -0.25) is 9.69 Å². The second-order valence-electron chi connectivity index (χ2n) is 7.38. The van der Waals surface area contributed by atoms with Crippen LogP contribution in [-0.2, 0) is 4.79 Å². The Kier molecular flexibility index (Phi) is 5.89. The van der Waals surface area contributed by atoms with Gasteiger partial charge in [-0.2, -0.15) is 0 Å². The summed E-state index contributed by atoms with van der Waals surface area (Å²) in [6, 6.07) is -0.0269. The molecule has 0 spiro atoms. The molecule has 25 heavy (non-hydrogen) atoms. The van der Waals surface area contributed by atoms with Gasteiger partial charge in [0.1, 0.15) is 0 Å². The van der Waals surface area contributed by atoms with Crippen LogP contribution in [0.5, 0.6) is 0 Å². The monoisotopic (exact) mass is 345 g/mol. The Hall–Kier alpha value is -1.69. The number of carbonyl (C=O) groups excluding carboxylic acids is 1. The number of amides is 1. The Morgan fingerprint density at radius 3 is 2.24 bits per heavy atom. The molecule has 2 aliphatic heterocycles. The zero-order chi connectivity index (χ0) is 17.8. The molecule has 0 radical (unpaired) electrons. The van der Waals surface area contributed by atoms with Crippen molar-refractivity contribution in [3.05, 3.63) is 17.5 Å². The van der Waals surface area contributed by atoms with Crippen molar-refractivity contribution in [2.45, 2.75) is 52.5 Å². The Morgan fingerprint density at radius 2 is 1.64 bits per heavy atom. The third-order valence-corrected chi connectivity index (χ3v) is 5.63. The molecule has 1 aromatic rings. The minimum atomic E-state index is -0.0269. The number of aromatic nitrogens is 2. The van der Waals surface area contributed by atoms with Crippen LogP contribution < -0.4 is 4.90 Å². The van der Waals surface area contributed by atoms with Gasteiger partial charge < -0.3 is 9.80 Å².